The highest BCUT2D eigenvalue weighted by Gasteiger charge is 2.07. The van der Waals surface area contributed by atoms with E-state index in [-0.39, 0.29) is 11.5 Å². The van der Waals surface area contributed by atoms with Crippen molar-refractivity contribution in [2.75, 3.05) is 0 Å². The molecule has 86 valence electrons. The van der Waals surface area contributed by atoms with Gasteiger partial charge in [0.2, 0.25) is 0 Å². The standard InChI is InChI=1S/C12H16N2O2/c1-4-9(3)13-12(16)10-6-7-14(5-2)11(15)8-10/h6-8H,3-5H2,1-2H3,(H,13,16). The minimum Gasteiger partial charge on any atom is -0.326 e. The number of hydrogen-bond acceptors (Lipinski definition) is 2. The molecule has 1 N–H and O–H groups in total. The molecule has 0 radical (unpaired) electrons. The van der Waals surface area contributed by atoms with Gasteiger partial charge in [0.1, 0.15) is 0 Å². The maximum absolute atomic E-state index is 11.6. The van der Waals surface area contributed by atoms with Gasteiger partial charge in [-0.05, 0) is 19.4 Å². The van der Waals surface area contributed by atoms with E-state index < -0.39 is 0 Å². The van der Waals surface area contributed by atoms with Gasteiger partial charge in [-0.1, -0.05) is 13.5 Å². The third kappa shape index (κ3) is 2.82. The Bertz CT molecular complexity index is 460. The molecule has 1 heterocycles. The van der Waals surface area contributed by atoms with Crippen molar-refractivity contribution in [3.63, 3.8) is 0 Å². The zero-order chi connectivity index (χ0) is 12.1. The second kappa shape index (κ2) is 5.30. The molecular weight excluding hydrogens is 204 g/mol. The van der Waals surface area contributed by atoms with Gasteiger partial charge in [-0.2, -0.15) is 0 Å². The van der Waals surface area contributed by atoms with Gasteiger partial charge in [-0.15, -0.1) is 0 Å². The van der Waals surface area contributed by atoms with Crippen LogP contribution in [0.2, 0.25) is 0 Å². The van der Waals surface area contributed by atoms with Crippen molar-refractivity contribution < 1.29 is 4.79 Å². The van der Waals surface area contributed by atoms with Crippen molar-refractivity contribution in [3.8, 4) is 0 Å². The third-order valence-electron chi connectivity index (χ3n) is 2.32. The van der Waals surface area contributed by atoms with Crippen LogP contribution in [0.3, 0.4) is 0 Å². The quantitative estimate of drug-likeness (QED) is 0.836. The average molecular weight is 220 g/mol. The predicted molar refractivity (Wildman–Crippen MR) is 63.3 cm³/mol. The second-order valence-corrected chi connectivity index (χ2v) is 3.45. The number of nitrogens with one attached hydrogen (secondary N) is 1. The van der Waals surface area contributed by atoms with E-state index in [1.807, 2.05) is 13.8 Å². The molecule has 0 aliphatic heterocycles. The second-order valence-electron chi connectivity index (χ2n) is 3.45. The molecule has 4 heteroatoms. The van der Waals surface area contributed by atoms with Crippen LogP contribution in [0.25, 0.3) is 0 Å². The molecule has 16 heavy (non-hydrogen) atoms. The number of amides is 1. The molecule has 0 aliphatic carbocycles. The molecule has 0 atom stereocenters. The summed E-state index contributed by atoms with van der Waals surface area (Å²) in [6.07, 6.45) is 2.30. The maximum atomic E-state index is 11.6. The molecule has 0 aromatic carbocycles. The van der Waals surface area contributed by atoms with Gasteiger partial charge in [0.15, 0.2) is 0 Å². The summed E-state index contributed by atoms with van der Waals surface area (Å²) in [4.78, 5) is 23.1. The first-order valence-corrected chi connectivity index (χ1v) is 5.28. The number of aryl methyl sites for hydroxylation is 1. The van der Waals surface area contributed by atoms with Crippen LogP contribution in [0.15, 0.2) is 35.4 Å². The molecule has 0 bridgehead atoms. The van der Waals surface area contributed by atoms with E-state index in [0.717, 1.165) is 0 Å². The molecule has 1 rings (SSSR count). The van der Waals surface area contributed by atoms with Crippen LogP contribution in [0.4, 0.5) is 0 Å². The lowest BCUT2D eigenvalue weighted by Crippen LogP contribution is -2.25. The summed E-state index contributed by atoms with van der Waals surface area (Å²) in [6, 6.07) is 2.96. The molecule has 1 aromatic heterocycles. The maximum Gasteiger partial charge on any atom is 0.255 e. The van der Waals surface area contributed by atoms with Crippen LogP contribution in [0.5, 0.6) is 0 Å². The smallest absolute Gasteiger partial charge is 0.255 e. The number of hydrogen-bond donors (Lipinski definition) is 1. The average Bonchev–Trinajstić information content (AvgIpc) is 2.28. The van der Waals surface area contributed by atoms with Crippen molar-refractivity contribution in [1.29, 1.82) is 0 Å². The van der Waals surface area contributed by atoms with Gasteiger partial charge < -0.3 is 9.88 Å². The van der Waals surface area contributed by atoms with Crippen molar-refractivity contribution in [1.82, 2.24) is 9.88 Å². The van der Waals surface area contributed by atoms with Crippen molar-refractivity contribution in [2.45, 2.75) is 26.8 Å². The fraction of sp³-hybridized carbons (Fsp3) is 0.333. The topological polar surface area (TPSA) is 51.1 Å². The van der Waals surface area contributed by atoms with Crippen LogP contribution >= 0.6 is 0 Å². The highest BCUT2D eigenvalue weighted by molar-refractivity contribution is 5.95. The summed E-state index contributed by atoms with van der Waals surface area (Å²) < 4.78 is 1.53. The van der Waals surface area contributed by atoms with Gasteiger partial charge in [-0.3, -0.25) is 9.59 Å². The Morgan fingerprint density at radius 1 is 1.50 bits per heavy atom. The minimum absolute atomic E-state index is 0.169. The summed E-state index contributed by atoms with van der Waals surface area (Å²) in [5.74, 6) is -0.285. The number of carbonyl (C=O) groups excluding carboxylic acids is 1. The fourth-order valence-electron chi connectivity index (χ4n) is 1.23. The summed E-state index contributed by atoms with van der Waals surface area (Å²) in [5.41, 5.74) is 0.839. The molecule has 0 fully saturated rings. The molecule has 0 spiro atoms. The lowest BCUT2D eigenvalue weighted by atomic mass is 10.2. The first-order chi connectivity index (χ1) is 7.58. The first kappa shape index (κ1) is 12.2. The molecular formula is C12H16N2O2. The first-order valence-electron chi connectivity index (χ1n) is 5.28. The Balaban J connectivity index is 2.89. The number of pyridine rings is 1. The Morgan fingerprint density at radius 2 is 2.19 bits per heavy atom. The van der Waals surface area contributed by atoms with Gasteiger partial charge in [0.05, 0.1) is 0 Å². The molecule has 0 unspecified atom stereocenters. The lowest BCUT2D eigenvalue weighted by Gasteiger charge is -2.07. The SMILES string of the molecule is C=C(CC)NC(=O)c1ccn(CC)c(=O)c1. The summed E-state index contributed by atoms with van der Waals surface area (Å²) >= 11 is 0. The summed E-state index contributed by atoms with van der Waals surface area (Å²) in [5, 5.41) is 2.63. The summed E-state index contributed by atoms with van der Waals surface area (Å²) in [6.45, 7) is 8.05. The van der Waals surface area contributed by atoms with Crippen LogP contribution in [0, 0.1) is 0 Å². The number of nitrogens with zero attached hydrogens (tertiary/aromatic N) is 1. The Kier molecular flexibility index (Phi) is 4.05. The van der Waals surface area contributed by atoms with E-state index in [1.54, 1.807) is 12.3 Å². The molecule has 0 saturated carbocycles. The predicted octanol–water partition coefficient (Wildman–Crippen LogP) is 1.52. The Labute approximate surface area is 94.6 Å². The van der Waals surface area contributed by atoms with Crippen LogP contribution < -0.4 is 10.9 Å². The minimum atomic E-state index is -0.285. The van der Waals surface area contributed by atoms with Gasteiger partial charge >= 0.3 is 0 Å². The van der Waals surface area contributed by atoms with Crippen LogP contribution in [0.1, 0.15) is 30.6 Å². The molecule has 0 saturated heterocycles. The lowest BCUT2D eigenvalue weighted by molar-refractivity contribution is 0.0964. The number of aromatic nitrogens is 1. The molecule has 1 amide bonds. The van der Waals surface area contributed by atoms with E-state index in [9.17, 15) is 9.59 Å². The molecule has 1 aromatic rings. The molecule has 4 nitrogen and oxygen atoms in total. The normalized spacial score (nSPS) is 9.88. The molecule has 0 aliphatic rings. The zero-order valence-electron chi connectivity index (χ0n) is 9.62. The van der Waals surface area contributed by atoms with Crippen molar-refractivity contribution in [2.24, 2.45) is 0 Å². The third-order valence-corrected chi connectivity index (χ3v) is 2.32. The Morgan fingerprint density at radius 3 is 2.69 bits per heavy atom. The van der Waals surface area contributed by atoms with Crippen LogP contribution in [-0.4, -0.2) is 10.5 Å². The van der Waals surface area contributed by atoms with Crippen molar-refractivity contribution >= 4 is 5.91 Å². The highest BCUT2D eigenvalue weighted by Crippen LogP contribution is 1.98. The van der Waals surface area contributed by atoms with Gasteiger partial charge in [0, 0.05) is 30.1 Å². The number of allylic oxidation sites excluding steroid dienone is 1. The largest absolute Gasteiger partial charge is 0.326 e. The zero-order valence-corrected chi connectivity index (χ0v) is 9.62. The van der Waals surface area contributed by atoms with E-state index in [2.05, 4.69) is 11.9 Å². The van der Waals surface area contributed by atoms with E-state index in [1.165, 1.54) is 10.6 Å². The Hall–Kier alpha value is -1.84. The summed E-state index contributed by atoms with van der Waals surface area (Å²) in [7, 11) is 0. The van der Waals surface area contributed by atoms with E-state index in [4.69, 9.17) is 0 Å². The van der Waals surface area contributed by atoms with Gasteiger partial charge in [0.25, 0.3) is 11.5 Å². The van der Waals surface area contributed by atoms with E-state index in [0.29, 0.717) is 24.2 Å². The highest BCUT2D eigenvalue weighted by atomic mass is 16.2. The number of rotatable bonds is 4. The van der Waals surface area contributed by atoms with Crippen molar-refractivity contribution in [3.05, 3.63) is 46.5 Å². The van der Waals surface area contributed by atoms with Gasteiger partial charge in [-0.25, -0.2) is 0 Å². The monoisotopic (exact) mass is 220 g/mol. The number of carbonyl (C=O) groups is 1. The van der Waals surface area contributed by atoms with Crippen LogP contribution in [-0.2, 0) is 6.54 Å². The van der Waals surface area contributed by atoms with E-state index >= 15 is 0 Å². The fourth-order valence-corrected chi connectivity index (χ4v) is 1.23.